The van der Waals surface area contributed by atoms with Crippen molar-refractivity contribution in [2.24, 2.45) is 0 Å². The van der Waals surface area contributed by atoms with Crippen LogP contribution in [0.1, 0.15) is 15.9 Å². The Morgan fingerprint density at radius 2 is 1.71 bits per heavy atom. The lowest BCUT2D eigenvalue weighted by atomic mass is 10.1. The molecule has 0 unspecified atom stereocenters. The van der Waals surface area contributed by atoms with Crippen LogP contribution in [0.2, 0.25) is 10.0 Å². The van der Waals surface area contributed by atoms with E-state index in [1.807, 2.05) is 71.6 Å². The summed E-state index contributed by atoms with van der Waals surface area (Å²) >= 11 is 13.8. The van der Waals surface area contributed by atoms with Crippen LogP contribution in [0.25, 0.3) is 6.08 Å². The summed E-state index contributed by atoms with van der Waals surface area (Å²) in [7, 11) is 1.74. The first-order valence-corrected chi connectivity index (χ1v) is 12.8. The zero-order valence-electron chi connectivity index (χ0n) is 19.1. The summed E-state index contributed by atoms with van der Waals surface area (Å²) in [6.07, 6.45) is 1.81. The molecule has 2 heterocycles. The standard InChI is InChI=1S/C27H23Cl2N3O2S/c1-30-23-15-19(26(33)32-13-11-31(12-14-32)21-7-4-6-20(28)17-21)9-10-24(23)35-25(27(30)34)16-18-5-2-3-8-22(18)29/h2-10,15-17H,11-14H2,1H3. The lowest BCUT2D eigenvalue weighted by Gasteiger charge is -2.36. The van der Waals surface area contributed by atoms with Crippen LogP contribution >= 0.6 is 35.0 Å². The number of thioether (sulfide) groups is 1. The van der Waals surface area contributed by atoms with Crippen molar-refractivity contribution in [1.29, 1.82) is 0 Å². The molecule has 5 rings (SSSR count). The largest absolute Gasteiger partial charge is 0.368 e. The third kappa shape index (κ3) is 4.92. The monoisotopic (exact) mass is 523 g/mol. The van der Waals surface area contributed by atoms with Crippen LogP contribution in [-0.2, 0) is 4.79 Å². The molecule has 0 saturated carbocycles. The van der Waals surface area contributed by atoms with Crippen LogP contribution in [0.4, 0.5) is 11.4 Å². The summed E-state index contributed by atoms with van der Waals surface area (Å²) < 4.78 is 0. The van der Waals surface area contributed by atoms with Crippen molar-refractivity contribution >= 4 is 64.2 Å². The van der Waals surface area contributed by atoms with Crippen LogP contribution in [-0.4, -0.2) is 49.9 Å². The van der Waals surface area contributed by atoms with Gasteiger partial charge in [-0.15, -0.1) is 0 Å². The smallest absolute Gasteiger partial charge is 0.264 e. The average molecular weight is 524 g/mol. The van der Waals surface area contributed by atoms with Crippen LogP contribution in [0.3, 0.4) is 0 Å². The summed E-state index contributed by atoms with van der Waals surface area (Å²) in [6.45, 7) is 2.72. The van der Waals surface area contributed by atoms with Crippen molar-refractivity contribution < 1.29 is 9.59 Å². The summed E-state index contributed by atoms with van der Waals surface area (Å²) in [5.41, 5.74) is 3.18. The van der Waals surface area contributed by atoms with Gasteiger partial charge in [0.05, 0.1) is 10.6 Å². The highest BCUT2D eigenvalue weighted by atomic mass is 35.5. The molecule has 2 aliphatic heterocycles. The Hall–Kier alpha value is -2.93. The van der Waals surface area contributed by atoms with E-state index in [9.17, 15) is 9.59 Å². The highest BCUT2D eigenvalue weighted by Crippen LogP contribution is 2.42. The fourth-order valence-corrected chi connectivity index (χ4v) is 5.74. The van der Waals surface area contributed by atoms with Crippen molar-refractivity contribution in [2.45, 2.75) is 4.90 Å². The van der Waals surface area contributed by atoms with Gasteiger partial charge in [-0.25, -0.2) is 0 Å². The van der Waals surface area contributed by atoms with Gasteiger partial charge in [0.25, 0.3) is 11.8 Å². The fraction of sp³-hybridized carbons (Fsp3) is 0.185. The number of carbonyl (C=O) groups is 2. The highest BCUT2D eigenvalue weighted by molar-refractivity contribution is 8.04. The van der Waals surface area contributed by atoms with Crippen LogP contribution in [0, 0.1) is 0 Å². The van der Waals surface area contributed by atoms with E-state index in [4.69, 9.17) is 23.2 Å². The lowest BCUT2D eigenvalue weighted by Crippen LogP contribution is -2.48. The van der Waals surface area contributed by atoms with Gasteiger partial charge in [0.1, 0.15) is 0 Å². The first-order chi connectivity index (χ1) is 16.9. The van der Waals surface area contributed by atoms with Gasteiger partial charge in [-0.05, 0) is 54.1 Å². The number of hydrogen-bond donors (Lipinski definition) is 0. The average Bonchev–Trinajstić information content (AvgIpc) is 2.88. The quantitative estimate of drug-likeness (QED) is 0.391. The van der Waals surface area contributed by atoms with E-state index in [-0.39, 0.29) is 11.8 Å². The number of fused-ring (bicyclic) bond motifs is 1. The van der Waals surface area contributed by atoms with Crippen molar-refractivity contribution in [3.05, 3.63) is 92.8 Å². The minimum Gasteiger partial charge on any atom is -0.368 e. The molecule has 0 atom stereocenters. The predicted octanol–water partition coefficient (Wildman–Crippen LogP) is 6.07. The predicted molar refractivity (Wildman–Crippen MR) is 145 cm³/mol. The molecule has 35 heavy (non-hydrogen) atoms. The number of carbonyl (C=O) groups excluding carboxylic acids is 2. The molecule has 0 spiro atoms. The van der Waals surface area contributed by atoms with Crippen molar-refractivity contribution in [2.75, 3.05) is 43.0 Å². The Kier molecular flexibility index (Phi) is 6.78. The molecule has 3 aromatic carbocycles. The Bertz CT molecular complexity index is 1340. The summed E-state index contributed by atoms with van der Waals surface area (Å²) in [6, 6.07) is 20.8. The number of benzene rings is 3. The highest BCUT2D eigenvalue weighted by Gasteiger charge is 2.29. The SMILES string of the molecule is CN1C(=O)C(=Cc2ccccc2Cl)Sc2ccc(C(=O)N3CCN(c4cccc(Cl)c4)CC3)cc21. The van der Waals surface area contributed by atoms with Gasteiger partial charge in [0.15, 0.2) is 0 Å². The van der Waals surface area contributed by atoms with Crippen molar-refractivity contribution in [1.82, 2.24) is 4.90 Å². The Morgan fingerprint density at radius 3 is 2.46 bits per heavy atom. The molecule has 2 aliphatic rings. The second kappa shape index (κ2) is 9.97. The third-order valence-electron chi connectivity index (χ3n) is 6.23. The maximum Gasteiger partial charge on any atom is 0.264 e. The second-order valence-corrected chi connectivity index (χ2v) is 10.4. The van der Waals surface area contributed by atoms with Crippen LogP contribution in [0.15, 0.2) is 76.5 Å². The van der Waals surface area contributed by atoms with Gasteiger partial charge < -0.3 is 14.7 Å². The molecule has 8 heteroatoms. The van der Waals surface area contributed by atoms with Gasteiger partial charge in [0.2, 0.25) is 0 Å². The minimum atomic E-state index is -0.123. The number of anilines is 2. The Balaban J connectivity index is 1.32. The molecule has 0 aliphatic carbocycles. The van der Waals surface area contributed by atoms with E-state index in [1.165, 1.54) is 11.8 Å². The molecule has 0 aromatic heterocycles. The molecule has 1 saturated heterocycles. The summed E-state index contributed by atoms with van der Waals surface area (Å²) in [5, 5.41) is 1.30. The molecular weight excluding hydrogens is 501 g/mol. The van der Waals surface area contributed by atoms with E-state index < -0.39 is 0 Å². The summed E-state index contributed by atoms with van der Waals surface area (Å²) in [4.78, 5) is 33.5. The number of amides is 2. The van der Waals surface area contributed by atoms with Gasteiger partial charge in [-0.2, -0.15) is 0 Å². The minimum absolute atomic E-state index is 0.0261. The number of halogens is 2. The third-order valence-corrected chi connectivity index (χ3v) is 7.89. The number of hydrogen-bond acceptors (Lipinski definition) is 4. The molecule has 5 nitrogen and oxygen atoms in total. The van der Waals surface area contributed by atoms with Crippen molar-refractivity contribution in [3.63, 3.8) is 0 Å². The number of rotatable bonds is 3. The Labute approximate surface area is 218 Å². The molecule has 2 amide bonds. The van der Waals surface area contributed by atoms with Gasteiger partial charge in [-0.1, -0.05) is 59.2 Å². The topological polar surface area (TPSA) is 43.9 Å². The molecule has 178 valence electrons. The molecule has 1 fully saturated rings. The van der Waals surface area contributed by atoms with E-state index in [0.29, 0.717) is 33.6 Å². The number of piperazine rings is 1. The first-order valence-electron chi connectivity index (χ1n) is 11.3. The van der Waals surface area contributed by atoms with E-state index in [2.05, 4.69) is 4.90 Å². The van der Waals surface area contributed by atoms with Gasteiger partial charge >= 0.3 is 0 Å². The first kappa shape index (κ1) is 23.8. The normalized spacial score (nSPS) is 17.1. The molecule has 3 aromatic rings. The van der Waals surface area contributed by atoms with Gasteiger partial charge in [-0.3, -0.25) is 9.59 Å². The zero-order chi connectivity index (χ0) is 24.5. The molecule has 0 radical (unpaired) electrons. The fourth-order valence-electron chi connectivity index (χ4n) is 4.28. The van der Waals surface area contributed by atoms with Crippen molar-refractivity contribution in [3.8, 4) is 0 Å². The summed E-state index contributed by atoms with van der Waals surface area (Å²) in [5.74, 6) is -0.149. The Morgan fingerprint density at radius 1 is 0.943 bits per heavy atom. The number of likely N-dealkylation sites (N-methyl/N-ethyl adjacent to an activating group) is 1. The lowest BCUT2D eigenvalue weighted by molar-refractivity contribution is -0.114. The van der Waals surface area contributed by atoms with E-state index >= 15 is 0 Å². The van der Waals surface area contributed by atoms with E-state index in [1.54, 1.807) is 18.0 Å². The maximum atomic E-state index is 13.3. The molecule has 0 N–H and O–H groups in total. The van der Waals surface area contributed by atoms with Crippen LogP contribution in [0.5, 0.6) is 0 Å². The maximum absolute atomic E-state index is 13.3. The van der Waals surface area contributed by atoms with Crippen LogP contribution < -0.4 is 9.80 Å². The number of nitrogens with zero attached hydrogens (tertiary/aromatic N) is 3. The zero-order valence-corrected chi connectivity index (χ0v) is 21.4. The van der Waals surface area contributed by atoms with E-state index in [0.717, 1.165) is 34.9 Å². The second-order valence-electron chi connectivity index (χ2n) is 8.44. The van der Waals surface area contributed by atoms with Gasteiger partial charge in [0, 0.05) is 59.4 Å². The molecular formula is C27H23Cl2N3O2S. The molecule has 0 bridgehead atoms.